The van der Waals surface area contributed by atoms with Crippen molar-refractivity contribution in [3.63, 3.8) is 0 Å². The lowest BCUT2D eigenvalue weighted by molar-refractivity contribution is 0.414. The monoisotopic (exact) mass is 178 g/mol. The Hall–Kier alpha value is -1.25. The Labute approximate surface area is 78.1 Å². The van der Waals surface area contributed by atoms with Gasteiger partial charge in [-0.15, -0.1) is 0 Å². The fourth-order valence-electron chi connectivity index (χ4n) is 1.21. The molecule has 2 rings (SSSR count). The zero-order valence-electron chi connectivity index (χ0n) is 7.79. The molecule has 1 aliphatic carbocycles. The van der Waals surface area contributed by atoms with Crippen LogP contribution in [0.25, 0.3) is 0 Å². The standard InChI is InChI=1S/C10H14N2O/c1-13-9-4-5-11-10(6-9)12-7-8-2-3-8/h4-6,8H,2-3,7H2,1H3,(H,11,12). The van der Waals surface area contributed by atoms with Crippen LogP contribution in [0.1, 0.15) is 12.8 Å². The summed E-state index contributed by atoms with van der Waals surface area (Å²) in [6.07, 6.45) is 4.47. The molecule has 0 spiro atoms. The van der Waals surface area contributed by atoms with E-state index in [1.54, 1.807) is 13.3 Å². The molecule has 3 heteroatoms. The lowest BCUT2D eigenvalue weighted by atomic mass is 10.4. The molecule has 0 radical (unpaired) electrons. The minimum atomic E-state index is 0.855. The quantitative estimate of drug-likeness (QED) is 0.764. The van der Waals surface area contributed by atoms with Crippen molar-refractivity contribution < 1.29 is 4.74 Å². The maximum atomic E-state index is 5.10. The summed E-state index contributed by atoms with van der Waals surface area (Å²) in [5, 5.41) is 3.29. The van der Waals surface area contributed by atoms with Gasteiger partial charge in [-0.1, -0.05) is 0 Å². The molecular weight excluding hydrogens is 164 g/mol. The van der Waals surface area contributed by atoms with Crippen LogP contribution in [0.3, 0.4) is 0 Å². The number of ether oxygens (including phenoxy) is 1. The van der Waals surface area contributed by atoms with Crippen molar-refractivity contribution in [2.75, 3.05) is 19.0 Å². The summed E-state index contributed by atoms with van der Waals surface area (Å²) in [7, 11) is 1.67. The first kappa shape index (κ1) is 8.35. The van der Waals surface area contributed by atoms with E-state index < -0.39 is 0 Å². The van der Waals surface area contributed by atoms with Gasteiger partial charge in [0, 0.05) is 18.8 Å². The smallest absolute Gasteiger partial charge is 0.129 e. The van der Waals surface area contributed by atoms with Crippen molar-refractivity contribution in [3.8, 4) is 5.75 Å². The summed E-state index contributed by atoms with van der Waals surface area (Å²) < 4.78 is 5.10. The summed E-state index contributed by atoms with van der Waals surface area (Å²) >= 11 is 0. The second-order valence-corrected chi connectivity index (χ2v) is 3.41. The van der Waals surface area contributed by atoms with Gasteiger partial charge in [-0.25, -0.2) is 4.98 Å². The molecule has 1 heterocycles. The summed E-state index contributed by atoms with van der Waals surface area (Å²) in [6.45, 7) is 1.04. The highest BCUT2D eigenvalue weighted by molar-refractivity contribution is 5.40. The van der Waals surface area contributed by atoms with Crippen molar-refractivity contribution in [2.45, 2.75) is 12.8 Å². The van der Waals surface area contributed by atoms with Gasteiger partial charge < -0.3 is 10.1 Å². The normalized spacial score (nSPS) is 15.5. The van der Waals surface area contributed by atoms with E-state index in [1.165, 1.54) is 12.8 Å². The largest absolute Gasteiger partial charge is 0.497 e. The molecule has 0 amide bonds. The maximum absolute atomic E-state index is 5.10. The third kappa shape index (κ3) is 2.34. The molecule has 13 heavy (non-hydrogen) atoms. The van der Waals surface area contributed by atoms with Gasteiger partial charge in [-0.05, 0) is 24.8 Å². The summed E-state index contributed by atoms with van der Waals surface area (Å²) in [5.74, 6) is 2.63. The molecule has 1 saturated carbocycles. The predicted octanol–water partition coefficient (Wildman–Crippen LogP) is 1.91. The average molecular weight is 178 g/mol. The van der Waals surface area contributed by atoms with E-state index in [2.05, 4.69) is 10.3 Å². The number of nitrogens with zero attached hydrogens (tertiary/aromatic N) is 1. The van der Waals surface area contributed by atoms with Gasteiger partial charge in [0.1, 0.15) is 11.6 Å². The van der Waals surface area contributed by atoms with Crippen LogP contribution in [-0.4, -0.2) is 18.6 Å². The Balaban J connectivity index is 1.93. The molecule has 0 unspecified atom stereocenters. The van der Waals surface area contributed by atoms with Crippen LogP contribution in [0.15, 0.2) is 18.3 Å². The number of hydrogen-bond donors (Lipinski definition) is 1. The molecule has 0 saturated heterocycles. The van der Waals surface area contributed by atoms with Gasteiger partial charge >= 0.3 is 0 Å². The Morgan fingerprint density at radius 1 is 1.62 bits per heavy atom. The molecule has 1 N–H and O–H groups in total. The number of hydrogen-bond acceptors (Lipinski definition) is 3. The molecule has 0 aliphatic heterocycles. The number of anilines is 1. The fourth-order valence-corrected chi connectivity index (χ4v) is 1.21. The van der Waals surface area contributed by atoms with Crippen molar-refractivity contribution in [3.05, 3.63) is 18.3 Å². The van der Waals surface area contributed by atoms with Gasteiger partial charge in [-0.2, -0.15) is 0 Å². The van der Waals surface area contributed by atoms with E-state index in [9.17, 15) is 0 Å². The number of rotatable bonds is 4. The van der Waals surface area contributed by atoms with Crippen molar-refractivity contribution in [2.24, 2.45) is 5.92 Å². The van der Waals surface area contributed by atoms with Crippen LogP contribution >= 0.6 is 0 Å². The molecule has 0 aromatic carbocycles. The highest BCUT2D eigenvalue weighted by Gasteiger charge is 2.20. The van der Waals surface area contributed by atoms with Gasteiger partial charge in [-0.3, -0.25) is 0 Å². The molecular formula is C10H14N2O. The van der Waals surface area contributed by atoms with Crippen LogP contribution in [0.5, 0.6) is 5.75 Å². The Morgan fingerprint density at radius 2 is 2.46 bits per heavy atom. The maximum Gasteiger partial charge on any atom is 0.129 e. The van der Waals surface area contributed by atoms with E-state index in [0.29, 0.717) is 0 Å². The average Bonchev–Trinajstić information content (AvgIpc) is 2.99. The zero-order valence-corrected chi connectivity index (χ0v) is 7.79. The van der Waals surface area contributed by atoms with E-state index in [0.717, 1.165) is 24.0 Å². The van der Waals surface area contributed by atoms with Crippen LogP contribution in [0.4, 0.5) is 5.82 Å². The zero-order chi connectivity index (χ0) is 9.10. The topological polar surface area (TPSA) is 34.1 Å². The number of methoxy groups -OCH3 is 1. The summed E-state index contributed by atoms with van der Waals surface area (Å²) in [6, 6.07) is 3.77. The van der Waals surface area contributed by atoms with Crippen LogP contribution in [-0.2, 0) is 0 Å². The predicted molar refractivity (Wildman–Crippen MR) is 52.0 cm³/mol. The molecule has 1 aromatic rings. The van der Waals surface area contributed by atoms with E-state index >= 15 is 0 Å². The molecule has 1 aliphatic rings. The third-order valence-corrected chi connectivity index (χ3v) is 2.24. The third-order valence-electron chi connectivity index (χ3n) is 2.24. The molecule has 1 aromatic heterocycles. The lowest BCUT2D eigenvalue weighted by Gasteiger charge is -2.05. The highest BCUT2D eigenvalue weighted by Crippen LogP contribution is 2.28. The molecule has 0 bridgehead atoms. The van der Waals surface area contributed by atoms with E-state index in [-0.39, 0.29) is 0 Å². The Bertz CT molecular complexity index is 284. The highest BCUT2D eigenvalue weighted by atomic mass is 16.5. The van der Waals surface area contributed by atoms with Gasteiger partial charge in [0.25, 0.3) is 0 Å². The molecule has 70 valence electrons. The van der Waals surface area contributed by atoms with Gasteiger partial charge in [0.15, 0.2) is 0 Å². The van der Waals surface area contributed by atoms with E-state index in [1.807, 2.05) is 12.1 Å². The lowest BCUT2D eigenvalue weighted by Crippen LogP contribution is -2.04. The summed E-state index contributed by atoms with van der Waals surface area (Å²) in [4.78, 5) is 4.20. The second-order valence-electron chi connectivity index (χ2n) is 3.41. The van der Waals surface area contributed by atoms with Crippen molar-refractivity contribution >= 4 is 5.82 Å². The molecule has 1 fully saturated rings. The minimum absolute atomic E-state index is 0.855. The fraction of sp³-hybridized carbons (Fsp3) is 0.500. The SMILES string of the molecule is COc1ccnc(NCC2CC2)c1. The number of nitrogens with one attached hydrogen (secondary N) is 1. The van der Waals surface area contributed by atoms with Crippen LogP contribution in [0.2, 0.25) is 0 Å². The Kier molecular flexibility index (Phi) is 2.34. The Morgan fingerprint density at radius 3 is 3.15 bits per heavy atom. The first-order valence-corrected chi connectivity index (χ1v) is 4.62. The van der Waals surface area contributed by atoms with Crippen LogP contribution < -0.4 is 10.1 Å². The van der Waals surface area contributed by atoms with Gasteiger partial charge in [0.05, 0.1) is 7.11 Å². The van der Waals surface area contributed by atoms with E-state index in [4.69, 9.17) is 4.74 Å². The first-order chi connectivity index (χ1) is 6.38. The molecule has 0 atom stereocenters. The summed E-state index contributed by atoms with van der Waals surface area (Å²) in [5.41, 5.74) is 0. The van der Waals surface area contributed by atoms with Gasteiger partial charge in [0.2, 0.25) is 0 Å². The number of aromatic nitrogens is 1. The van der Waals surface area contributed by atoms with Crippen LogP contribution in [0, 0.1) is 5.92 Å². The minimum Gasteiger partial charge on any atom is -0.497 e. The van der Waals surface area contributed by atoms with Crippen molar-refractivity contribution in [1.29, 1.82) is 0 Å². The molecule has 3 nitrogen and oxygen atoms in total. The van der Waals surface area contributed by atoms with Crippen molar-refractivity contribution in [1.82, 2.24) is 4.98 Å². The second kappa shape index (κ2) is 3.64. The first-order valence-electron chi connectivity index (χ1n) is 4.62. The number of pyridine rings is 1.